The zero-order chi connectivity index (χ0) is 20.0. The number of aryl methyl sites for hydroxylation is 2. The molecule has 144 valence electrons. The minimum absolute atomic E-state index is 0.00384. The fraction of sp³-hybridized carbons (Fsp3) is 0.364. The molecule has 0 aromatic heterocycles. The van der Waals surface area contributed by atoms with Gasteiger partial charge in [0.25, 0.3) is 0 Å². The van der Waals surface area contributed by atoms with Gasteiger partial charge < -0.3 is 15.0 Å². The molecule has 0 aliphatic carbocycles. The predicted molar refractivity (Wildman–Crippen MR) is 109 cm³/mol. The maximum absolute atomic E-state index is 12.7. The lowest BCUT2D eigenvalue weighted by molar-refractivity contribution is -0.120. The van der Waals surface area contributed by atoms with Crippen LogP contribution in [-0.2, 0) is 16.0 Å². The Morgan fingerprint density at radius 1 is 1.11 bits per heavy atom. The molecule has 0 bridgehead atoms. The first-order chi connectivity index (χ1) is 12.8. The van der Waals surface area contributed by atoms with E-state index in [1.54, 1.807) is 6.07 Å². The smallest absolute Gasteiger partial charge is 0.244 e. The van der Waals surface area contributed by atoms with Crippen molar-refractivity contribution in [1.82, 2.24) is 0 Å². The number of amides is 2. The summed E-state index contributed by atoms with van der Waals surface area (Å²) >= 11 is 0. The van der Waals surface area contributed by atoms with E-state index in [4.69, 9.17) is 4.74 Å². The number of hydrogen-bond acceptors (Lipinski definition) is 3. The van der Waals surface area contributed by atoms with Gasteiger partial charge in [0.05, 0.1) is 17.5 Å². The van der Waals surface area contributed by atoms with Crippen LogP contribution < -0.4 is 15.0 Å². The molecule has 0 aliphatic rings. The van der Waals surface area contributed by atoms with E-state index in [1.807, 2.05) is 64.1 Å². The molecule has 0 saturated heterocycles. The summed E-state index contributed by atoms with van der Waals surface area (Å²) < 4.78 is 5.74. The molecule has 0 radical (unpaired) electrons. The Morgan fingerprint density at radius 2 is 1.81 bits per heavy atom. The van der Waals surface area contributed by atoms with Crippen molar-refractivity contribution >= 4 is 23.2 Å². The van der Waals surface area contributed by atoms with E-state index in [9.17, 15) is 9.59 Å². The number of hydrogen-bond donors (Lipinski definition) is 1. The van der Waals surface area contributed by atoms with Gasteiger partial charge in [-0.3, -0.25) is 9.59 Å². The summed E-state index contributed by atoms with van der Waals surface area (Å²) in [6.45, 7) is 9.28. The van der Waals surface area contributed by atoms with E-state index in [2.05, 4.69) is 5.32 Å². The maximum Gasteiger partial charge on any atom is 0.244 e. The van der Waals surface area contributed by atoms with E-state index in [-0.39, 0.29) is 24.5 Å². The Labute approximate surface area is 161 Å². The van der Waals surface area contributed by atoms with Crippen molar-refractivity contribution in [3.63, 3.8) is 0 Å². The molecule has 5 heteroatoms. The fourth-order valence-corrected chi connectivity index (χ4v) is 3.00. The molecule has 0 spiro atoms. The van der Waals surface area contributed by atoms with Gasteiger partial charge >= 0.3 is 0 Å². The van der Waals surface area contributed by atoms with Crippen LogP contribution in [0.5, 0.6) is 5.75 Å². The van der Waals surface area contributed by atoms with E-state index >= 15 is 0 Å². The van der Waals surface area contributed by atoms with E-state index in [1.165, 1.54) is 11.8 Å². The molecular formula is C22H28N2O3. The highest BCUT2D eigenvalue weighted by atomic mass is 16.5. The summed E-state index contributed by atoms with van der Waals surface area (Å²) in [7, 11) is 0. The standard InChI is InChI=1S/C22H28N2O3/c1-6-18-11-9-10-16(4)22(18)24(17(5)25)14-21(26)23-19-12-7-8-13-20(19)27-15(2)3/h7-13,15H,6,14H2,1-5H3,(H,23,26). The second-order valence-corrected chi connectivity index (χ2v) is 6.75. The molecular weight excluding hydrogens is 340 g/mol. The van der Waals surface area contributed by atoms with Crippen LogP contribution in [0, 0.1) is 6.92 Å². The summed E-state index contributed by atoms with van der Waals surface area (Å²) in [5.41, 5.74) is 3.43. The van der Waals surface area contributed by atoms with Crippen molar-refractivity contribution in [3.05, 3.63) is 53.6 Å². The monoisotopic (exact) mass is 368 g/mol. The quantitative estimate of drug-likeness (QED) is 0.791. The van der Waals surface area contributed by atoms with Crippen LogP contribution in [0.2, 0.25) is 0 Å². The first kappa shape index (κ1) is 20.5. The zero-order valence-electron chi connectivity index (χ0n) is 16.7. The number of nitrogens with zero attached hydrogens (tertiary/aromatic N) is 1. The van der Waals surface area contributed by atoms with Crippen molar-refractivity contribution in [2.45, 2.75) is 47.1 Å². The Morgan fingerprint density at radius 3 is 2.44 bits per heavy atom. The third-order valence-electron chi connectivity index (χ3n) is 4.18. The molecule has 2 aromatic carbocycles. The average molecular weight is 368 g/mol. The van der Waals surface area contributed by atoms with Crippen LogP contribution in [0.3, 0.4) is 0 Å². The summed E-state index contributed by atoms with van der Waals surface area (Å²) in [5.74, 6) is 0.177. The summed E-state index contributed by atoms with van der Waals surface area (Å²) in [5, 5.41) is 2.87. The molecule has 2 rings (SSSR count). The van der Waals surface area contributed by atoms with Gasteiger partial charge in [0.1, 0.15) is 12.3 Å². The largest absolute Gasteiger partial charge is 0.489 e. The zero-order valence-corrected chi connectivity index (χ0v) is 16.7. The molecule has 27 heavy (non-hydrogen) atoms. The highest BCUT2D eigenvalue weighted by Crippen LogP contribution is 2.27. The Balaban J connectivity index is 2.24. The second-order valence-electron chi connectivity index (χ2n) is 6.75. The van der Waals surface area contributed by atoms with Gasteiger partial charge in [-0.05, 0) is 50.5 Å². The molecule has 0 fully saturated rings. The molecule has 5 nitrogen and oxygen atoms in total. The van der Waals surface area contributed by atoms with Gasteiger partial charge in [0.15, 0.2) is 0 Å². The molecule has 0 unspecified atom stereocenters. The highest BCUT2D eigenvalue weighted by Gasteiger charge is 2.20. The van der Waals surface area contributed by atoms with E-state index < -0.39 is 0 Å². The number of carbonyl (C=O) groups excluding carboxylic acids is 2. The minimum atomic E-state index is -0.268. The molecule has 0 atom stereocenters. The first-order valence-electron chi connectivity index (χ1n) is 9.25. The molecule has 2 amide bonds. The summed E-state index contributed by atoms with van der Waals surface area (Å²) in [6.07, 6.45) is 0.781. The molecule has 0 aliphatic heterocycles. The number of rotatable bonds is 7. The van der Waals surface area contributed by atoms with Crippen LogP contribution >= 0.6 is 0 Å². The first-order valence-corrected chi connectivity index (χ1v) is 9.25. The fourth-order valence-electron chi connectivity index (χ4n) is 3.00. The lowest BCUT2D eigenvalue weighted by Crippen LogP contribution is -2.37. The van der Waals surface area contributed by atoms with Crippen LogP contribution in [0.1, 0.15) is 38.8 Å². The van der Waals surface area contributed by atoms with Gasteiger partial charge in [-0.1, -0.05) is 37.3 Å². The molecule has 0 saturated carbocycles. The normalized spacial score (nSPS) is 10.6. The number of benzene rings is 2. The van der Waals surface area contributed by atoms with Gasteiger partial charge in [-0.2, -0.15) is 0 Å². The van der Waals surface area contributed by atoms with Crippen molar-refractivity contribution in [2.24, 2.45) is 0 Å². The van der Waals surface area contributed by atoms with Crippen molar-refractivity contribution < 1.29 is 14.3 Å². The average Bonchev–Trinajstić information content (AvgIpc) is 2.61. The van der Waals surface area contributed by atoms with Crippen molar-refractivity contribution in [3.8, 4) is 5.75 Å². The second kappa shape index (κ2) is 9.21. The van der Waals surface area contributed by atoms with Gasteiger partial charge in [0, 0.05) is 6.92 Å². The third-order valence-corrected chi connectivity index (χ3v) is 4.18. The minimum Gasteiger partial charge on any atom is -0.489 e. The van der Waals surface area contributed by atoms with Gasteiger partial charge in [0.2, 0.25) is 11.8 Å². The molecule has 1 N–H and O–H groups in total. The summed E-state index contributed by atoms with van der Waals surface area (Å²) in [6, 6.07) is 13.2. The number of carbonyl (C=O) groups is 2. The third kappa shape index (κ3) is 5.33. The van der Waals surface area contributed by atoms with Crippen LogP contribution in [0.15, 0.2) is 42.5 Å². The number of anilines is 2. The highest BCUT2D eigenvalue weighted by molar-refractivity contribution is 6.03. The van der Waals surface area contributed by atoms with E-state index in [0.29, 0.717) is 11.4 Å². The van der Waals surface area contributed by atoms with Crippen LogP contribution in [0.4, 0.5) is 11.4 Å². The van der Waals surface area contributed by atoms with Crippen molar-refractivity contribution in [1.29, 1.82) is 0 Å². The Hall–Kier alpha value is -2.82. The molecule has 2 aromatic rings. The molecule has 0 heterocycles. The van der Waals surface area contributed by atoms with Crippen LogP contribution in [-0.4, -0.2) is 24.5 Å². The SMILES string of the molecule is CCc1cccc(C)c1N(CC(=O)Nc1ccccc1OC(C)C)C(C)=O. The lowest BCUT2D eigenvalue weighted by Gasteiger charge is -2.25. The number of ether oxygens (including phenoxy) is 1. The number of para-hydroxylation sites is 3. The number of nitrogens with one attached hydrogen (secondary N) is 1. The Bertz CT molecular complexity index is 815. The Kier molecular flexibility index (Phi) is 6.99. The lowest BCUT2D eigenvalue weighted by atomic mass is 10.0. The van der Waals surface area contributed by atoms with Crippen molar-refractivity contribution in [2.75, 3.05) is 16.8 Å². The van der Waals surface area contributed by atoms with Gasteiger partial charge in [-0.15, -0.1) is 0 Å². The van der Waals surface area contributed by atoms with Crippen LogP contribution in [0.25, 0.3) is 0 Å². The summed E-state index contributed by atoms with van der Waals surface area (Å²) in [4.78, 5) is 26.5. The topological polar surface area (TPSA) is 58.6 Å². The predicted octanol–water partition coefficient (Wildman–Crippen LogP) is 4.34. The van der Waals surface area contributed by atoms with E-state index in [0.717, 1.165) is 23.2 Å². The maximum atomic E-state index is 12.7. The van der Waals surface area contributed by atoms with Gasteiger partial charge in [-0.25, -0.2) is 0 Å².